The van der Waals surface area contributed by atoms with Gasteiger partial charge >= 0.3 is 0 Å². The molecule has 0 aromatic carbocycles. The van der Waals surface area contributed by atoms with Crippen molar-refractivity contribution >= 4 is 5.91 Å². The number of nitrogens with one attached hydrogen (secondary N) is 1. The first-order chi connectivity index (χ1) is 15.0. The van der Waals surface area contributed by atoms with Crippen molar-refractivity contribution in [2.45, 2.75) is 58.3 Å². The van der Waals surface area contributed by atoms with Gasteiger partial charge in [-0.2, -0.15) is 0 Å². The fourth-order valence-electron chi connectivity index (χ4n) is 3.58. The minimum atomic E-state index is -0.516. The molecule has 0 aliphatic heterocycles. The summed E-state index contributed by atoms with van der Waals surface area (Å²) in [5.74, 6) is 0.572. The van der Waals surface area contributed by atoms with E-state index in [-0.39, 0.29) is 30.1 Å². The Morgan fingerprint density at radius 1 is 1.19 bits per heavy atom. The number of hydrogen-bond acceptors (Lipinski definition) is 8. The lowest BCUT2D eigenvalue weighted by Crippen LogP contribution is -2.45. The quantitative estimate of drug-likeness (QED) is 0.620. The molecule has 4 rings (SSSR count). The molecule has 2 atom stereocenters. The Balaban J connectivity index is 1.39. The van der Waals surface area contributed by atoms with Crippen LogP contribution in [0.1, 0.15) is 53.2 Å². The first kappa shape index (κ1) is 20.9. The topological polar surface area (TPSA) is 123 Å². The number of carbonyl (C=O) groups is 1. The molecule has 3 aromatic rings. The number of nitrogens with zero attached hydrogens (tertiary/aromatic N) is 4. The van der Waals surface area contributed by atoms with Gasteiger partial charge in [-0.25, -0.2) is 0 Å². The normalized spacial score (nSPS) is 18.5. The molecule has 31 heavy (non-hydrogen) atoms. The molecule has 0 bridgehead atoms. The molecule has 1 saturated carbocycles. The molecule has 1 fully saturated rings. The van der Waals surface area contributed by atoms with E-state index in [0.717, 1.165) is 36.1 Å². The zero-order chi connectivity index (χ0) is 21.8. The zero-order valence-electron chi connectivity index (χ0n) is 17.5. The van der Waals surface area contributed by atoms with E-state index in [1.165, 1.54) is 0 Å². The molecule has 1 aliphatic carbocycles. The largest absolute Gasteiger partial charge is 0.472 e. The van der Waals surface area contributed by atoms with E-state index in [1.807, 2.05) is 26.0 Å². The Kier molecular flexibility index (Phi) is 6.22. The van der Waals surface area contributed by atoms with Gasteiger partial charge in [0.1, 0.15) is 18.1 Å². The number of aryl methyl sites for hydroxylation is 2. The van der Waals surface area contributed by atoms with Crippen molar-refractivity contribution < 1.29 is 19.2 Å². The van der Waals surface area contributed by atoms with E-state index in [9.17, 15) is 9.90 Å². The molecule has 0 spiro atoms. The maximum atomic E-state index is 12.4. The molecule has 9 heteroatoms. The maximum absolute atomic E-state index is 12.4. The van der Waals surface area contributed by atoms with Gasteiger partial charge in [0, 0.05) is 23.5 Å². The molecule has 0 unspecified atom stereocenters. The fourth-order valence-corrected chi connectivity index (χ4v) is 3.58. The molecule has 3 heterocycles. The summed E-state index contributed by atoms with van der Waals surface area (Å²) in [5, 5.41) is 24.9. The third kappa shape index (κ3) is 4.88. The van der Waals surface area contributed by atoms with Gasteiger partial charge in [0.05, 0.1) is 17.7 Å². The van der Waals surface area contributed by atoms with Gasteiger partial charge < -0.3 is 19.7 Å². The van der Waals surface area contributed by atoms with Crippen LogP contribution in [-0.2, 0) is 6.61 Å². The van der Waals surface area contributed by atoms with Crippen LogP contribution >= 0.6 is 0 Å². The van der Waals surface area contributed by atoms with Crippen LogP contribution in [-0.4, -0.2) is 43.5 Å². The number of hydrogen-bond donors (Lipinski definition) is 2. The van der Waals surface area contributed by atoms with Crippen molar-refractivity contribution in [3.63, 3.8) is 0 Å². The summed E-state index contributed by atoms with van der Waals surface area (Å²) in [6.45, 7) is 3.92. The van der Waals surface area contributed by atoms with Crippen LogP contribution < -0.4 is 10.1 Å². The van der Waals surface area contributed by atoms with E-state index < -0.39 is 6.10 Å². The van der Waals surface area contributed by atoms with Gasteiger partial charge in [-0.05, 0) is 44.9 Å². The highest BCUT2D eigenvalue weighted by Gasteiger charge is 2.25. The van der Waals surface area contributed by atoms with Crippen LogP contribution in [0.25, 0.3) is 11.3 Å². The first-order valence-corrected chi connectivity index (χ1v) is 10.3. The molecule has 3 aromatic heterocycles. The summed E-state index contributed by atoms with van der Waals surface area (Å²) in [7, 11) is 0. The van der Waals surface area contributed by atoms with Gasteiger partial charge in [-0.3, -0.25) is 9.78 Å². The average Bonchev–Trinajstić information content (AvgIpc) is 3.15. The van der Waals surface area contributed by atoms with E-state index in [4.69, 9.17) is 9.26 Å². The van der Waals surface area contributed by atoms with Crippen LogP contribution in [0.15, 0.2) is 35.0 Å². The van der Waals surface area contributed by atoms with Crippen molar-refractivity contribution in [3.8, 4) is 17.1 Å². The van der Waals surface area contributed by atoms with Crippen LogP contribution in [0.3, 0.4) is 0 Å². The number of amides is 1. The van der Waals surface area contributed by atoms with Crippen molar-refractivity contribution in [2.75, 3.05) is 0 Å². The second-order valence-electron chi connectivity index (χ2n) is 7.73. The molecule has 0 radical (unpaired) electrons. The summed E-state index contributed by atoms with van der Waals surface area (Å²) in [6, 6.07) is 6.74. The third-order valence-corrected chi connectivity index (χ3v) is 5.45. The van der Waals surface area contributed by atoms with Crippen molar-refractivity contribution in [2.24, 2.45) is 0 Å². The monoisotopic (exact) mass is 423 g/mol. The first-order valence-electron chi connectivity index (χ1n) is 10.3. The lowest BCUT2D eigenvalue weighted by molar-refractivity contribution is 0.0713. The zero-order valence-corrected chi connectivity index (χ0v) is 17.5. The summed E-state index contributed by atoms with van der Waals surface area (Å²) in [5.41, 5.74) is 3.39. The van der Waals surface area contributed by atoms with Crippen molar-refractivity contribution in [1.82, 2.24) is 25.7 Å². The molecule has 9 nitrogen and oxygen atoms in total. The summed E-state index contributed by atoms with van der Waals surface area (Å²) >= 11 is 0. The van der Waals surface area contributed by atoms with E-state index in [1.54, 1.807) is 18.3 Å². The standard InChI is InChI=1S/C22H25N5O4/c1-13-7-8-15(11-23-13)21-16(14(2)31-27-21)12-30-20-10-9-18(25-26-20)22(29)24-17-5-3-4-6-19(17)28/h7-11,17,19,28H,3-6,12H2,1-2H3,(H,24,29)/t17-,19-/m0/s1. The van der Waals surface area contributed by atoms with Crippen molar-refractivity contribution in [3.05, 3.63) is 53.2 Å². The lowest BCUT2D eigenvalue weighted by Gasteiger charge is -2.28. The number of rotatable bonds is 6. The van der Waals surface area contributed by atoms with Gasteiger partial charge in [0.15, 0.2) is 5.69 Å². The van der Waals surface area contributed by atoms with Gasteiger partial charge in [0.25, 0.3) is 5.91 Å². The lowest BCUT2D eigenvalue weighted by atomic mass is 9.92. The highest BCUT2D eigenvalue weighted by atomic mass is 16.5. The summed E-state index contributed by atoms with van der Waals surface area (Å²) in [4.78, 5) is 16.7. The van der Waals surface area contributed by atoms with Crippen LogP contribution in [0.4, 0.5) is 0 Å². The third-order valence-electron chi connectivity index (χ3n) is 5.45. The second kappa shape index (κ2) is 9.22. The highest BCUT2D eigenvalue weighted by Crippen LogP contribution is 2.26. The summed E-state index contributed by atoms with van der Waals surface area (Å²) in [6.07, 6.45) is 4.66. The predicted octanol–water partition coefficient (Wildman–Crippen LogP) is 2.76. The van der Waals surface area contributed by atoms with E-state index in [0.29, 0.717) is 17.9 Å². The number of aliphatic hydroxyl groups is 1. The average molecular weight is 423 g/mol. The number of carbonyl (C=O) groups excluding carboxylic acids is 1. The molecule has 162 valence electrons. The SMILES string of the molecule is Cc1ccc(-c2noc(C)c2COc2ccc(C(=O)N[C@H]3CCCC[C@@H]3O)nn2)cn1. The number of aromatic nitrogens is 4. The Morgan fingerprint density at radius 2 is 2.03 bits per heavy atom. The maximum Gasteiger partial charge on any atom is 0.272 e. The molecular formula is C22H25N5O4. The molecule has 1 amide bonds. The van der Waals surface area contributed by atoms with Gasteiger partial charge in [-0.1, -0.05) is 18.0 Å². The minimum Gasteiger partial charge on any atom is -0.472 e. The van der Waals surface area contributed by atoms with Gasteiger partial charge in [0.2, 0.25) is 5.88 Å². The number of pyridine rings is 1. The Labute approximate surface area is 179 Å². The molecule has 1 aliphatic rings. The van der Waals surface area contributed by atoms with E-state index >= 15 is 0 Å². The smallest absolute Gasteiger partial charge is 0.272 e. The summed E-state index contributed by atoms with van der Waals surface area (Å²) < 4.78 is 11.1. The number of ether oxygens (including phenoxy) is 1. The predicted molar refractivity (Wildman–Crippen MR) is 111 cm³/mol. The number of aliphatic hydroxyl groups excluding tert-OH is 1. The minimum absolute atomic E-state index is 0.178. The van der Waals surface area contributed by atoms with Gasteiger partial charge in [-0.15, -0.1) is 10.2 Å². The molecule has 0 saturated heterocycles. The molecular weight excluding hydrogens is 398 g/mol. The van der Waals surface area contributed by atoms with Crippen LogP contribution in [0, 0.1) is 13.8 Å². The van der Waals surface area contributed by atoms with Crippen molar-refractivity contribution in [1.29, 1.82) is 0 Å². The second-order valence-corrected chi connectivity index (χ2v) is 7.73. The molecule has 2 N–H and O–H groups in total. The Hall–Kier alpha value is -3.33. The fraction of sp³-hybridized carbons (Fsp3) is 0.409. The Morgan fingerprint density at radius 3 is 2.74 bits per heavy atom. The van der Waals surface area contributed by atoms with Crippen LogP contribution in [0.5, 0.6) is 5.88 Å². The Bertz CT molecular complexity index is 1030. The van der Waals surface area contributed by atoms with E-state index in [2.05, 4.69) is 25.7 Å². The van der Waals surface area contributed by atoms with Crippen LogP contribution in [0.2, 0.25) is 0 Å². The highest BCUT2D eigenvalue weighted by molar-refractivity contribution is 5.92.